The first-order valence-corrected chi connectivity index (χ1v) is 4.89. The van der Waals surface area contributed by atoms with Crippen molar-refractivity contribution in [3.63, 3.8) is 0 Å². The smallest absolute Gasteiger partial charge is 0.160 e. The molecule has 2 aromatic rings. The van der Waals surface area contributed by atoms with Gasteiger partial charge in [-0.1, -0.05) is 0 Å². The predicted octanol–water partition coefficient (Wildman–Crippen LogP) is 1.96. The number of hydrogen-bond donors (Lipinski definition) is 0. The Morgan fingerprint density at radius 1 is 1.47 bits per heavy atom. The fraction of sp³-hybridized carbons (Fsp3) is 0.364. The van der Waals surface area contributed by atoms with Crippen molar-refractivity contribution in [3.8, 4) is 6.07 Å². The molecular formula is C11H12N4. The molecule has 0 aliphatic rings. The van der Waals surface area contributed by atoms with Gasteiger partial charge in [0.1, 0.15) is 11.3 Å². The van der Waals surface area contributed by atoms with E-state index in [1.807, 2.05) is 30.7 Å². The van der Waals surface area contributed by atoms with E-state index < -0.39 is 0 Å². The first-order chi connectivity index (χ1) is 7.22. The SMILES string of the molecule is Cc1cnc2c(c1)nc(C)n2CCC#N. The summed E-state index contributed by atoms with van der Waals surface area (Å²) in [5.41, 5.74) is 2.88. The lowest BCUT2D eigenvalue weighted by atomic mass is 10.3. The minimum atomic E-state index is 0.488. The molecule has 0 aliphatic carbocycles. The summed E-state index contributed by atoms with van der Waals surface area (Å²) in [5, 5.41) is 8.57. The third kappa shape index (κ3) is 1.68. The fourth-order valence-electron chi connectivity index (χ4n) is 1.65. The van der Waals surface area contributed by atoms with E-state index in [4.69, 9.17) is 5.26 Å². The number of nitriles is 1. The number of aromatic nitrogens is 3. The number of pyridine rings is 1. The highest BCUT2D eigenvalue weighted by molar-refractivity contribution is 5.72. The van der Waals surface area contributed by atoms with Crippen LogP contribution in [0.25, 0.3) is 11.2 Å². The highest BCUT2D eigenvalue weighted by Gasteiger charge is 2.07. The largest absolute Gasteiger partial charge is 0.312 e. The number of aryl methyl sites for hydroxylation is 3. The third-order valence-corrected chi connectivity index (χ3v) is 2.36. The van der Waals surface area contributed by atoms with Gasteiger partial charge in [-0.3, -0.25) is 0 Å². The van der Waals surface area contributed by atoms with Crippen molar-refractivity contribution < 1.29 is 0 Å². The van der Waals surface area contributed by atoms with Gasteiger partial charge in [-0.15, -0.1) is 0 Å². The Bertz CT molecular complexity index is 533. The molecule has 4 heteroatoms. The molecule has 0 atom stereocenters. The normalized spacial score (nSPS) is 10.5. The van der Waals surface area contributed by atoms with E-state index in [0.717, 1.165) is 22.6 Å². The molecule has 76 valence electrons. The van der Waals surface area contributed by atoms with Crippen LogP contribution in [-0.4, -0.2) is 14.5 Å². The molecule has 0 fully saturated rings. The second kappa shape index (κ2) is 3.70. The van der Waals surface area contributed by atoms with Gasteiger partial charge in [0.2, 0.25) is 0 Å². The van der Waals surface area contributed by atoms with Crippen LogP contribution in [0, 0.1) is 25.2 Å². The van der Waals surface area contributed by atoms with E-state index in [2.05, 4.69) is 16.0 Å². The lowest BCUT2D eigenvalue weighted by molar-refractivity contribution is 0.704. The van der Waals surface area contributed by atoms with Crippen LogP contribution in [0.5, 0.6) is 0 Å². The van der Waals surface area contributed by atoms with Crippen LogP contribution in [0.15, 0.2) is 12.3 Å². The number of imidazole rings is 1. The summed E-state index contributed by atoms with van der Waals surface area (Å²) in [6.07, 6.45) is 2.31. The van der Waals surface area contributed by atoms with Crippen molar-refractivity contribution in [2.45, 2.75) is 26.8 Å². The maximum Gasteiger partial charge on any atom is 0.160 e. The van der Waals surface area contributed by atoms with E-state index in [-0.39, 0.29) is 0 Å². The van der Waals surface area contributed by atoms with Crippen molar-refractivity contribution in [2.24, 2.45) is 0 Å². The van der Waals surface area contributed by atoms with Crippen LogP contribution in [0.3, 0.4) is 0 Å². The molecule has 2 aromatic heterocycles. The number of nitrogens with zero attached hydrogens (tertiary/aromatic N) is 4. The van der Waals surface area contributed by atoms with Gasteiger partial charge >= 0.3 is 0 Å². The van der Waals surface area contributed by atoms with Crippen LogP contribution in [-0.2, 0) is 6.54 Å². The Balaban J connectivity index is 2.54. The van der Waals surface area contributed by atoms with Gasteiger partial charge in [-0.25, -0.2) is 9.97 Å². The Morgan fingerprint density at radius 3 is 3.00 bits per heavy atom. The molecule has 0 bridgehead atoms. The summed E-state index contributed by atoms with van der Waals surface area (Å²) < 4.78 is 1.98. The summed E-state index contributed by atoms with van der Waals surface area (Å²) in [7, 11) is 0. The highest BCUT2D eigenvalue weighted by Crippen LogP contribution is 2.14. The fourth-order valence-corrected chi connectivity index (χ4v) is 1.65. The minimum Gasteiger partial charge on any atom is -0.312 e. The van der Waals surface area contributed by atoms with Gasteiger partial charge in [0.05, 0.1) is 12.5 Å². The second-order valence-electron chi connectivity index (χ2n) is 3.57. The first-order valence-electron chi connectivity index (χ1n) is 4.89. The Kier molecular flexibility index (Phi) is 2.38. The third-order valence-electron chi connectivity index (χ3n) is 2.36. The summed E-state index contributed by atoms with van der Waals surface area (Å²) >= 11 is 0. The van der Waals surface area contributed by atoms with Crippen molar-refractivity contribution in [3.05, 3.63) is 23.7 Å². The van der Waals surface area contributed by atoms with Gasteiger partial charge in [0.15, 0.2) is 5.65 Å². The molecule has 0 saturated heterocycles. The molecule has 0 saturated carbocycles. The van der Waals surface area contributed by atoms with E-state index in [1.165, 1.54) is 0 Å². The zero-order valence-corrected chi connectivity index (χ0v) is 8.86. The van der Waals surface area contributed by atoms with Crippen molar-refractivity contribution in [2.75, 3.05) is 0 Å². The summed E-state index contributed by atoms with van der Waals surface area (Å²) in [5.74, 6) is 0.915. The number of hydrogen-bond acceptors (Lipinski definition) is 3. The zero-order valence-electron chi connectivity index (χ0n) is 8.86. The Labute approximate surface area is 88.2 Å². The number of rotatable bonds is 2. The first kappa shape index (κ1) is 9.66. The lowest BCUT2D eigenvalue weighted by Crippen LogP contribution is -2.00. The highest BCUT2D eigenvalue weighted by atomic mass is 15.1. The molecule has 0 unspecified atom stereocenters. The van der Waals surface area contributed by atoms with Crippen molar-refractivity contribution in [1.29, 1.82) is 5.26 Å². The van der Waals surface area contributed by atoms with Gasteiger partial charge in [-0.05, 0) is 25.5 Å². The van der Waals surface area contributed by atoms with Crippen LogP contribution in [0.2, 0.25) is 0 Å². The maximum absolute atomic E-state index is 8.57. The Hall–Kier alpha value is -1.89. The number of fused-ring (bicyclic) bond motifs is 1. The van der Waals surface area contributed by atoms with E-state index in [9.17, 15) is 0 Å². The van der Waals surface area contributed by atoms with Crippen LogP contribution < -0.4 is 0 Å². The molecule has 0 aliphatic heterocycles. The molecule has 4 nitrogen and oxygen atoms in total. The molecular weight excluding hydrogens is 188 g/mol. The molecule has 15 heavy (non-hydrogen) atoms. The Morgan fingerprint density at radius 2 is 2.27 bits per heavy atom. The van der Waals surface area contributed by atoms with Crippen molar-refractivity contribution in [1.82, 2.24) is 14.5 Å². The van der Waals surface area contributed by atoms with Crippen LogP contribution in [0.1, 0.15) is 17.8 Å². The molecule has 0 N–H and O–H groups in total. The molecule has 2 heterocycles. The predicted molar refractivity (Wildman–Crippen MR) is 57.2 cm³/mol. The standard InChI is InChI=1S/C11H12N4/c1-8-6-10-11(13-7-8)15(5-3-4-12)9(2)14-10/h6-7H,3,5H2,1-2H3. The zero-order chi connectivity index (χ0) is 10.8. The van der Waals surface area contributed by atoms with Gasteiger partial charge < -0.3 is 4.57 Å². The average Bonchev–Trinajstić information content (AvgIpc) is 2.50. The summed E-state index contributed by atoms with van der Waals surface area (Å²) in [4.78, 5) is 8.76. The summed E-state index contributed by atoms with van der Waals surface area (Å²) in [6, 6.07) is 4.14. The molecule has 0 spiro atoms. The topological polar surface area (TPSA) is 54.5 Å². The average molecular weight is 200 g/mol. The quantitative estimate of drug-likeness (QED) is 0.744. The van der Waals surface area contributed by atoms with Gasteiger partial charge in [0, 0.05) is 12.7 Å². The van der Waals surface area contributed by atoms with Gasteiger partial charge in [0.25, 0.3) is 0 Å². The van der Waals surface area contributed by atoms with E-state index in [1.54, 1.807) is 0 Å². The van der Waals surface area contributed by atoms with Gasteiger partial charge in [-0.2, -0.15) is 5.26 Å². The molecule has 2 rings (SSSR count). The second-order valence-corrected chi connectivity index (χ2v) is 3.57. The summed E-state index contributed by atoms with van der Waals surface area (Å²) in [6.45, 7) is 4.60. The molecule has 0 amide bonds. The molecule has 0 aromatic carbocycles. The minimum absolute atomic E-state index is 0.488. The monoisotopic (exact) mass is 200 g/mol. The van der Waals surface area contributed by atoms with Crippen LogP contribution in [0.4, 0.5) is 0 Å². The van der Waals surface area contributed by atoms with Crippen LogP contribution >= 0.6 is 0 Å². The van der Waals surface area contributed by atoms with E-state index in [0.29, 0.717) is 13.0 Å². The van der Waals surface area contributed by atoms with Crippen molar-refractivity contribution >= 4 is 11.2 Å². The molecule has 0 radical (unpaired) electrons. The maximum atomic E-state index is 8.57. The van der Waals surface area contributed by atoms with E-state index >= 15 is 0 Å². The lowest BCUT2D eigenvalue weighted by Gasteiger charge is -2.01.